The van der Waals surface area contributed by atoms with Crippen LogP contribution >= 0.6 is 11.6 Å². The largest absolute Gasteiger partial charge is 0.496 e. The Balaban J connectivity index is 1.67. The third-order valence-corrected chi connectivity index (χ3v) is 5.07. The number of anilines is 1. The van der Waals surface area contributed by atoms with E-state index in [1.807, 2.05) is 37.3 Å². The molecule has 1 aliphatic heterocycles. The molecule has 0 bridgehead atoms. The van der Waals surface area contributed by atoms with Crippen molar-refractivity contribution in [3.63, 3.8) is 0 Å². The summed E-state index contributed by atoms with van der Waals surface area (Å²) in [6.45, 7) is 2.68. The number of methoxy groups -OCH3 is 1. The van der Waals surface area contributed by atoms with Gasteiger partial charge in [0, 0.05) is 35.8 Å². The Labute approximate surface area is 157 Å². The fourth-order valence-electron chi connectivity index (χ4n) is 3.12. The summed E-state index contributed by atoms with van der Waals surface area (Å²) in [5, 5.41) is 3.49. The Kier molecular flexibility index (Phi) is 5.47. The van der Waals surface area contributed by atoms with Crippen LogP contribution in [0.2, 0.25) is 5.02 Å². The quantitative estimate of drug-likeness (QED) is 0.871. The fourth-order valence-corrected chi connectivity index (χ4v) is 3.29. The summed E-state index contributed by atoms with van der Waals surface area (Å²) in [6, 6.07) is 13.0. The van der Waals surface area contributed by atoms with Crippen molar-refractivity contribution in [2.24, 2.45) is 5.92 Å². The van der Waals surface area contributed by atoms with E-state index in [1.54, 1.807) is 24.1 Å². The molecule has 0 radical (unpaired) electrons. The van der Waals surface area contributed by atoms with Crippen LogP contribution in [0.4, 0.5) is 5.69 Å². The number of ether oxygens (including phenoxy) is 1. The molecular formula is C20H21ClN2O3. The van der Waals surface area contributed by atoms with Gasteiger partial charge >= 0.3 is 0 Å². The number of carbonyl (C=O) groups is 2. The fraction of sp³-hybridized carbons (Fsp3) is 0.300. The first-order chi connectivity index (χ1) is 12.5. The second kappa shape index (κ2) is 7.79. The number of halogens is 1. The maximum absolute atomic E-state index is 12.6. The summed E-state index contributed by atoms with van der Waals surface area (Å²) < 4.78 is 5.34. The molecule has 0 spiro atoms. The molecule has 1 N–H and O–H groups in total. The van der Waals surface area contributed by atoms with E-state index < -0.39 is 0 Å². The molecular weight excluding hydrogens is 352 g/mol. The van der Waals surface area contributed by atoms with Crippen LogP contribution in [0.3, 0.4) is 0 Å². The predicted octanol–water partition coefficient (Wildman–Crippen LogP) is 3.64. The maximum atomic E-state index is 12.6. The minimum atomic E-state index is -0.379. The average Bonchev–Trinajstić information content (AvgIpc) is 3.00. The Bertz CT molecular complexity index is 838. The highest BCUT2D eigenvalue weighted by Crippen LogP contribution is 2.27. The summed E-state index contributed by atoms with van der Waals surface area (Å²) in [4.78, 5) is 26.6. The van der Waals surface area contributed by atoms with Crippen LogP contribution < -0.4 is 10.1 Å². The van der Waals surface area contributed by atoms with Crippen molar-refractivity contribution < 1.29 is 14.3 Å². The van der Waals surface area contributed by atoms with E-state index in [-0.39, 0.29) is 24.2 Å². The Morgan fingerprint density at radius 3 is 2.81 bits per heavy atom. The van der Waals surface area contributed by atoms with Gasteiger partial charge in [-0.2, -0.15) is 0 Å². The molecule has 5 nitrogen and oxygen atoms in total. The van der Waals surface area contributed by atoms with Gasteiger partial charge in [0.05, 0.1) is 13.0 Å². The number of rotatable bonds is 5. The van der Waals surface area contributed by atoms with E-state index >= 15 is 0 Å². The first kappa shape index (κ1) is 18.3. The second-order valence-corrected chi connectivity index (χ2v) is 6.80. The lowest BCUT2D eigenvalue weighted by atomic mass is 10.1. The maximum Gasteiger partial charge on any atom is 0.229 e. The monoisotopic (exact) mass is 372 g/mol. The Morgan fingerprint density at radius 1 is 1.27 bits per heavy atom. The summed E-state index contributed by atoms with van der Waals surface area (Å²) in [5.74, 6) is 0.170. The molecule has 0 aliphatic carbocycles. The van der Waals surface area contributed by atoms with Crippen molar-refractivity contribution in [2.75, 3.05) is 19.0 Å². The number of benzene rings is 2. The first-order valence-electron chi connectivity index (χ1n) is 8.45. The van der Waals surface area contributed by atoms with Crippen molar-refractivity contribution in [3.05, 3.63) is 58.6 Å². The Morgan fingerprint density at radius 2 is 2.04 bits per heavy atom. The molecule has 1 atom stereocenters. The van der Waals surface area contributed by atoms with Gasteiger partial charge in [0.1, 0.15) is 5.75 Å². The highest BCUT2D eigenvalue weighted by Gasteiger charge is 2.34. The zero-order valence-corrected chi connectivity index (χ0v) is 15.5. The van der Waals surface area contributed by atoms with Crippen LogP contribution in [0, 0.1) is 12.8 Å². The van der Waals surface area contributed by atoms with Crippen LogP contribution in [0.25, 0.3) is 0 Å². The highest BCUT2D eigenvalue weighted by atomic mass is 35.5. The number of nitrogens with zero attached hydrogens (tertiary/aromatic N) is 1. The summed E-state index contributed by atoms with van der Waals surface area (Å²) >= 11 is 6.10. The zero-order chi connectivity index (χ0) is 18.7. The first-order valence-corrected chi connectivity index (χ1v) is 8.83. The van der Waals surface area contributed by atoms with E-state index in [2.05, 4.69) is 5.32 Å². The summed E-state index contributed by atoms with van der Waals surface area (Å²) in [6.07, 6.45) is 0.209. The van der Waals surface area contributed by atoms with Gasteiger partial charge < -0.3 is 15.0 Å². The van der Waals surface area contributed by atoms with Crippen molar-refractivity contribution in [1.29, 1.82) is 0 Å². The molecule has 1 fully saturated rings. The number of hydrogen-bond acceptors (Lipinski definition) is 3. The lowest BCUT2D eigenvalue weighted by Crippen LogP contribution is -2.28. The average molecular weight is 373 g/mol. The van der Waals surface area contributed by atoms with E-state index in [0.29, 0.717) is 23.8 Å². The smallest absolute Gasteiger partial charge is 0.229 e. The molecule has 1 unspecified atom stereocenters. The van der Waals surface area contributed by atoms with Crippen molar-refractivity contribution in [3.8, 4) is 5.75 Å². The normalized spacial score (nSPS) is 16.7. The van der Waals surface area contributed by atoms with Gasteiger partial charge in [-0.1, -0.05) is 35.9 Å². The minimum absolute atomic E-state index is 0.0288. The van der Waals surface area contributed by atoms with Crippen LogP contribution in [0.5, 0.6) is 5.75 Å². The molecule has 1 saturated heterocycles. The predicted molar refractivity (Wildman–Crippen MR) is 101 cm³/mol. The molecule has 2 aromatic rings. The van der Waals surface area contributed by atoms with Crippen LogP contribution in [0.15, 0.2) is 42.5 Å². The van der Waals surface area contributed by atoms with Crippen molar-refractivity contribution >= 4 is 29.1 Å². The summed E-state index contributed by atoms with van der Waals surface area (Å²) in [5.41, 5.74) is 2.42. The molecule has 0 saturated carbocycles. The number of para-hydroxylation sites is 1. The number of hydrogen-bond donors (Lipinski definition) is 1. The molecule has 26 heavy (non-hydrogen) atoms. The molecule has 6 heteroatoms. The van der Waals surface area contributed by atoms with E-state index in [0.717, 1.165) is 16.9 Å². The molecule has 1 aliphatic rings. The van der Waals surface area contributed by atoms with Gasteiger partial charge in [-0.25, -0.2) is 0 Å². The van der Waals surface area contributed by atoms with Crippen LogP contribution in [-0.4, -0.2) is 30.4 Å². The third-order valence-electron chi connectivity index (χ3n) is 4.66. The second-order valence-electron chi connectivity index (χ2n) is 6.39. The molecule has 1 heterocycles. The third kappa shape index (κ3) is 3.83. The van der Waals surface area contributed by atoms with Gasteiger partial charge in [-0.05, 0) is 30.7 Å². The van der Waals surface area contributed by atoms with Crippen LogP contribution in [-0.2, 0) is 16.1 Å². The Hall–Kier alpha value is -2.53. The molecule has 2 aromatic carbocycles. The lowest BCUT2D eigenvalue weighted by molar-refractivity contribution is -0.128. The molecule has 2 amide bonds. The number of nitrogens with one attached hydrogen (secondary N) is 1. The summed E-state index contributed by atoms with van der Waals surface area (Å²) in [7, 11) is 1.61. The molecule has 136 valence electrons. The van der Waals surface area contributed by atoms with E-state index in [4.69, 9.17) is 16.3 Å². The number of likely N-dealkylation sites (tertiary alicyclic amines) is 1. The van der Waals surface area contributed by atoms with Gasteiger partial charge in [-0.15, -0.1) is 0 Å². The number of carbonyl (C=O) groups excluding carboxylic acids is 2. The molecule has 3 rings (SSSR count). The minimum Gasteiger partial charge on any atom is -0.496 e. The highest BCUT2D eigenvalue weighted by molar-refractivity contribution is 6.31. The van der Waals surface area contributed by atoms with Gasteiger partial charge in [-0.3, -0.25) is 9.59 Å². The lowest BCUT2D eigenvalue weighted by Gasteiger charge is -2.18. The van der Waals surface area contributed by atoms with E-state index in [1.165, 1.54) is 0 Å². The zero-order valence-electron chi connectivity index (χ0n) is 14.8. The SMILES string of the molecule is COc1ccccc1CN1CC(C(=O)Nc2cccc(Cl)c2C)CC1=O. The topological polar surface area (TPSA) is 58.6 Å². The van der Waals surface area contributed by atoms with Gasteiger partial charge in [0.15, 0.2) is 0 Å². The van der Waals surface area contributed by atoms with E-state index in [9.17, 15) is 9.59 Å². The van der Waals surface area contributed by atoms with Crippen molar-refractivity contribution in [2.45, 2.75) is 19.9 Å². The van der Waals surface area contributed by atoms with Gasteiger partial charge in [0.2, 0.25) is 11.8 Å². The van der Waals surface area contributed by atoms with Crippen molar-refractivity contribution in [1.82, 2.24) is 4.90 Å². The number of amides is 2. The van der Waals surface area contributed by atoms with Crippen LogP contribution in [0.1, 0.15) is 17.5 Å². The molecule has 0 aromatic heterocycles. The standard InChI is InChI=1S/C20H21ClN2O3/c1-13-16(21)7-5-8-17(13)22-20(25)15-10-19(24)23(12-15)11-14-6-3-4-9-18(14)26-2/h3-9,15H,10-12H2,1-2H3,(H,22,25). The van der Waals surface area contributed by atoms with Gasteiger partial charge in [0.25, 0.3) is 0 Å².